The maximum Gasteiger partial charge on any atom is 0.243 e. The van der Waals surface area contributed by atoms with E-state index in [1.54, 1.807) is 0 Å². The van der Waals surface area contributed by atoms with E-state index in [1.807, 2.05) is 26.0 Å². The van der Waals surface area contributed by atoms with Crippen LogP contribution >= 0.6 is 0 Å². The summed E-state index contributed by atoms with van der Waals surface area (Å²) < 4.78 is 0. The summed E-state index contributed by atoms with van der Waals surface area (Å²) in [5, 5.41) is 5.79. The van der Waals surface area contributed by atoms with Gasteiger partial charge in [-0.05, 0) is 29.9 Å². The molecule has 0 unspecified atom stereocenters. The number of carbonyl (C=O) groups excluding carboxylic acids is 2. The van der Waals surface area contributed by atoms with Gasteiger partial charge in [-0.1, -0.05) is 38.1 Å². The van der Waals surface area contributed by atoms with Gasteiger partial charge < -0.3 is 10.6 Å². The molecule has 0 saturated heterocycles. The van der Waals surface area contributed by atoms with E-state index in [1.165, 1.54) is 18.1 Å². The van der Waals surface area contributed by atoms with Crippen molar-refractivity contribution in [2.75, 3.05) is 0 Å². The predicted molar refractivity (Wildman–Crippen MR) is 78.1 cm³/mol. The molecule has 20 heavy (non-hydrogen) atoms. The van der Waals surface area contributed by atoms with Gasteiger partial charge in [-0.3, -0.25) is 9.59 Å². The highest BCUT2D eigenvalue weighted by molar-refractivity contribution is 5.87. The molecule has 0 saturated carbocycles. The molecule has 1 aliphatic carbocycles. The minimum atomic E-state index is -0.472. The number of hydrogen-bond donors (Lipinski definition) is 2. The van der Waals surface area contributed by atoms with Crippen molar-refractivity contribution in [1.82, 2.24) is 10.6 Å². The van der Waals surface area contributed by atoms with Crippen molar-refractivity contribution in [3.05, 3.63) is 35.4 Å². The highest BCUT2D eigenvalue weighted by atomic mass is 16.2. The first-order valence-electron chi connectivity index (χ1n) is 7.14. The molecule has 2 amide bonds. The van der Waals surface area contributed by atoms with Crippen LogP contribution in [0.4, 0.5) is 0 Å². The van der Waals surface area contributed by atoms with Crippen LogP contribution in [0.2, 0.25) is 0 Å². The standard InChI is InChI=1S/C16H22N2O2/c1-10(2)15(17-11(3)19)16(20)18-14-9-8-12-6-4-5-7-13(12)14/h4-7,10,14-15H,8-9H2,1-3H3,(H,17,19)(H,18,20)/t14-,15+/m0/s1. The van der Waals surface area contributed by atoms with Crippen LogP contribution < -0.4 is 10.6 Å². The molecule has 108 valence electrons. The number of carbonyl (C=O) groups is 2. The first-order chi connectivity index (χ1) is 9.49. The monoisotopic (exact) mass is 274 g/mol. The van der Waals surface area contributed by atoms with Crippen molar-refractivity contribution in [3.8, 4) is 0 Å². The molecule has 0 aliphatic heterocycles. The van der Waals surface area contributed by atoms with Crippen LogP contribution in [0.15, 0.2) is 24.3 Å². The molecule has 2 rings (SSSR count). The summed E-state index contributed by atoms with van der Waals surface area (Å²) in [5.74, 6) is -0.210. The van der Waals surface area contributed by atoms with Crippen molar-refractivity contribution in [2.24, 2.45) is 5.92 Å². The lowest BCUT2D eigenvalue weighted by molar-refractivity contribution is -0.129. The summed E-state index contributed by atoms with van der Waals surface area (Å²) in [6.45, 7) is 5.30. The highest BCUT2D eigenvalue weighted by Crippen LogP contribution is 2.30. The molecule has 2 atom stereocenters. The van der Waals surface area contributed by atoms with E-state index in [2.05, 4.69) is 22.8 Å². The SMILES string of the molecule is CC(=O)N[C@@H](C(=O)N[C@H]1CCc2ccccc21)C(C)C. The van der Waals surface area contributed by atoms with Gasteiger partial charge in [-0.25, -0.2) is 0 Å². The molecule has 0 bridgehead atoms. The zero-order valence-corrected chi connectivity index (χ0v) is 12.3. The van der Waals surface area contributed by atoms with Gasteiger partial charge in [0, 0.05) is 6.92 Å². The second-order valence-corrected chi connectivity index (χ2v) is 5.72. The van der Waals surface area contributed by atoms with E-state index < -0.39 is 6.04 Å². The van der Waals surface area contributed by atoms with Gasteiger partial charge in [-0.15, -0.1) is 0 Å². The Balaban J connectivity index is 2.06. The topological polar surface area (TPSA) is 58.2 Å². The minimum absolute atomic E-state index is 0.0636. The lowest BCUT2D eigenvalue weighted by Crippen LogP contribution is -2.49. The zero-order valence-electron chi connectivity index (χ0n) is 12.3. The summed E-state index contributed by atoms with van der Waals surface area (Å²) in [7, 11) is 0. The Morgan fingerprint density at radius 1 is 1.25 bits per heavy atom. The van der Waals surface area contributed by atoms with Crippen molar-refractivity contribution < 1.29 is 9.59 Å². The van der Waals surface area contributed by atoms with E-state index in [9.17, 15) is 9.59 Å². The molecule has 2 N–H and O–H groups in total. The molecule has 0 spiro atoms. The first-order valence-corrected chi connectivity index (χ1v) is 7.14. The van der Waals surface area contributed by atoms with Gasteiger partial charge in [0.25, 0.3) is 0 Å². The molecule has 1 aliphatic rings. The van der Waals surface area contributed by atoms with Gasteiger partial charge in [0.05, 0.1) is 6.04 Å². The molecule has 4 nitrogen and oxygen atoms in total. The van der Waals surface area contributed by atoms with Crippen molar-refractivity contribution >= 4 is 11.8 Å². The third kappa shape index (κ3) is 3.18. The van der Waals surface area contributed by atoms with Gasteiger partial charge in [-0.2, -0.15) is 0 Å². The number of nitrogens with one attached hydrogen (secondary N) is 2. The average molecular weight is 274 g/mol. The van der Waals surface area contributed by atoms with Crippen molar-refractivity contribution in [1.29, 1.82) is 0 Å². The molecular weight excluding hydrogens is 252 g/mol. The largest absolute Gasteiger partial charge is 0.347 e. The van der Waals surface area contributed by atoms with Crippen LogP contribution in [0.5, 0.6) is 0 Å². The Labute approximate surface area is 119 Å². The van der Waals surface area contributed by atoms with E-state index in [0.717, 1.165) is 12.8 Å². The van der Waals surface area contributed by atoms with Crippen LogP contribution in [-0.4, -0.2) is 17.9 Å². The molecular formula is C16H22N2O2. The predicted octanol–water partition coefficient (Wildman–Crippen LogP) is 1.95. The van der Waals surface area contributed by atoms with Crippen LogP contribution in [0.1, 0.15) is 44.4 Å². The maximum atomic E-state index is 12.4. The highest BCUT2D eigenvalue weighted by Gasteiger charge is 2.28. The van der Waals surface area contributed by atoms with Crippen LogP contribution in [-0.2, 0) is 16.0 Å². The van der Waals surface area contributed by atoms with Crippen LogP contribution in [0, 0.1) is 5.92 Å². The first kappa shape index (κ1) is 14.6. The minimum Gasteiger partial charge on any atom is -0.347 e. The Hall–Kier alpha value is -1.84. The average Bonchev–Trinajstić information content (AvgIpc) is 2.79. The van der Waals surface area contributed by atoms with Crippen LogP contribution in [0.25, 0.3) is 0 Å². The van der Waals surface area contributed by atoms with E-state index >= 15 is 0 Å². The molecule has 0 radical (unpaired) electrons. The maximum absolute atomic E-state index is 12.4. The summed E-state index contributed by atoms with van der Waals surface area (Å²) in [4.78, 5) is 23.6. The number of hydrogen-bond acceptors (Lipinski definition) is 2. The fourth-order valence-corrected chi connectivity index (χ4v) is 2.72. The van der Waals surface area contributed by atoms with Gasteiger partial charge >= 0.3 is 0 Å². The molecule has 0 aromatic heterocycles. The summed E-state index contributed by atoms with van der Waals surface area (Å²) >= 11 is 0. The zero-order chi connectivity index (χ0) is 14.7. The van der Waals surface area contributed by atoms with Gasteiger partial charge in [0.1, 0.15) is 6.04 Å². The van der Waals surface area contributed by atoms with Gasteiger partial charge in [0.15, 0.2) is 0 Å². The van der Waals surface area contributed by atoms with Crippen molar-refractivity contribution in [3.63, 3.8) is 0 Å². The summed E-state index contributed by atoms with van der Waals surface area (Å²) in [5.41, 5.74) is 2.50. The lowest BCUT2D eigenvalue weighted by Gasteiger charge is -2.23. The van der Waals surface area contributed by atoms with E-state index in [4.69, 9.17) is 0 Å². The number of benzene rings is 1. The number of rotatable bonds is 4. The van der Waals surface area contributed by atoms with E-state index in [0.29, 0.717) is 0 Å². The summed E-state index contributed by atoms with van der Waals surface area (Å²) in [6.07, 6.45) is 1.92. The van der Waals surface area contributed by atoms with Crippen LogP contribution in [0.3, 0.4) is 0 Å². The Morgan fingerprint density at radius 2 is 1.95 bits per heavy atom. The molecule has 1 aromatic carbocycles. The Morgan fingerprint density at radius 3 is 2.60 bits per heavy atom. The third-order valence-electron chi connectivity index (χ3n) is 3.76. The summed E-state index contributed by atoms with van der Waals surface area (Å²) in [6, 6.07) is 7.79. The quantitative estimate of drug-likeness (QED) is 0.881. The van der Waals surface area contributed by atoms with Gasteiger partial charge in [0.2, 0.25) is 11.8 Å². The number of aryl methyl sites for hydroxylation is 1. The second kappa shape index (κ2) is 6.07. The van der Waals surface area contributed by atoms with Crippen molar-refractivity contribution in [2.45, 2.75) is 45.7 Å². The fraction of sp³-hybridized carbons (Fsp3) is 0.500. The third-order valence-corrected chi connectivity index (χ3v) is 3.76. The molecule has 0 fully saturated rings. The number of fused-ring (bicyclic) bond motifs is 1. The lowest BCUT2D eigenvalue weighted by atomic mass is 10.0. The normalized spacial score (nSPS) is 18.5. The smallest absolute Gasteiger partial charge is 0.243 e. The molecule has 4 heteroatoms. The fourth-order valence-electron chi connectivity index (χ4n) is 2.72. The number of amides is 2. The Kier molecular flexibility index (Phi) is 4.42. The van der Waals surface area contributed by atoms with E-state index in [-0.39, 0.29) is 23.8 Å². The Bertz CT molecular complexity index is 511. The molecule has 0 heterocycles. The molecule has 1 aromatic rings. The second-order valence-electron chi connectivity index (χ2n) is 5.72.